The highest BCUT2D eigenvalue weighted by Gasteiger charge is 2.29. The number of amides is 2. The molecular weight excluding hydrogens is 372 g/mol. The topological polar surface area (TPSA) is 97.1 Å². The number of phenols is 1. The fraction of sp³-hybridized carbons (Fsp3) is 0.571. The lowest BCUT2D eigenvalue weighted by Crippen LogP contribution is -2.50. The van der Waals surface area contributed by atoms with Crippen molar-refractivity contribution in [1.82, 2.24) is 4.90 Å². The largest absolute Gasteiger partial charge is 0.506 e. The van der Waals surface area contributed by atoms with Crippen LogP contribution in [0.2, 0.25) is 0 Å². The number of benzene rings is 1. The van der Waals surface area contributed by atoms with E-state index in [4.69, 9.17) is 10.00 Å². The van der Waals surface area contributed by atoms with Gasteiger partial charge in [-0.1, -0.05) is 0 Å². The van der Waals surface area contributed by atoms with E-state index in [2.05, 4.69) is 0 Å². The number of hydrogen-bond donors (Lipinski definition) is 1. The molecule has 2 aliphatic rings. The minimum atomic E-state index is -0.532. The molecule has 1 N–H and O–H groups in total. The zero-order valence-corrected chi connectivity index (χ0v) is 17.3. The molecule has 0 aromatic heterocycles. The fourth-order valence-corrected chi connectivity index (χ4v) is 3.71. The van der Waals surface area contributed by atoms with Crippen molar-refractivity contribution in [2.75, 3.05) is 42.5 Å². The van der Waals surface area contributed by atoms with Crippen LogP contribution in [-0.4, -0.2) is 60.3 Å². The Kier molecular flexibility index (Phi) is 5.87. The third-order valence-corrected chi connectivity index (χ3v) is 5.11. The molecule has 0 saturated carbocycles. The molecule has 29 heavy (non-hydrogen) atoms. The fourth-order valence-electron chi connectivity index (χ4n) is 3.71. The van der Waals surface area contributed by atoms with E-state index in [9.17, 15) is 14.7 Å². The van der Waals surface area contributed by atoms with Crippen molar-refractivity contribution in [2.24, 2.45) is 0 Å². The zero-order chi connectivity index (χ0) is 21.2. The van der Waals surface area contributed by atoms with E-state index in [0.717, 1.165) is 5.56 Å². The van der Waals surface area contributed by atoms with Crippen LogP contribution in [0, 0.1) is 11.3 Å². The number of rotatable bonds is 2. The third kappa shape index (κ3) is 4.73. The van der Waals surface area contributed by atoms with Gasteiger partial charge in [0.1, 0.15) is 17.9 Å². The van der Waals surface area contributed by atoms with Gasteiger partial charge in [0, 0.05) is 38.7 Å². The Balaban J connectivity index is 1.76. The molecule has 0 aliphatic carbocycles. The second-order valence-corrected chi connectivity index (χ2v) is 8.42. The minimum absolute atomic E-state index is 0.0286. The number of nitrogens with zero attached hydrogens (tertiary/aromatic N) is 4. The summed E-state index contributed by atoms with van der Waals surface area (Å²) in [4.78, 5) is 29.7. The molecule has 2 aliphatic heterocycles. The molecule has 2 amide bonds. The first-order valence-electron chi connectivity index (χ1n) is 9.95. The Morgan fingerprint density at radius 2 is 1.86 bits per heavy atom. The summed E-state index contributed by atoms with van der Waals surface area (Å²) < 4.78 is 5.43. The van der Waals surface area contributed by atoms with Gasteiger partial charge in [0.25, 0.3) is 0 Å². The number of phenolic OH excluding ortho intramolecular Hbond substituents is 1. The monoisotopic (exact) mass is 400 g/mol. The predicted molar refractivity (Wildman–Crippen MR) is 109 cm³/mol. The first kappa shape index (κ1) is 20.8. The van der Waals surface area contributed by atoms with Crippen molar-refractivity contribution < 1.29 is 19.4 Å². The maximum Gasteiger partial charge on any atom is 0.410 e. The Morgan fingerprint density at radius 3 is 2.48 bits per heavy atom. The van der Waals surface area contributed by atoms with Crippen LogP contribution >= 0.6 is 0 Å². The number of ether oxygens (including phenoxy) is 1. The molecule has 1 saturated heterocycles. The van der Waals surface area contributed by atoms with Gasteiger partial charge in [-0.05, 0) is 45.2 Å². The molecule has 1 aromatic carbocycles. The zero-order valence-electron chi connectivity index (χ0n) is 17.3. The summed E-state index contributed by atoms with van der Waals surface area (Å²) in [5.41, 5.74) is 1.73. The molecule has 0 radical (unpaired) electrons. The molecule has 8 heteroatoms. The van der Waals surface area contributed by atoms with Crippen molar-refractivity contribution >= 4 is 23.4 Å². The SMILES string of the molecule is CC(C)(C)OC(=O)N1CCN(c2cc3c(cc2O)N(CC#N)C(=O)CCC3)CC1. The van der Waals surface area contributed by atoms with Crippen molar-refractivity contribution in [2.45, 2.75) is 45.6 Å². The smallest absolute Gasteiger partial charge is 0.410 e. The Morgan fingerprint density at radius 1 is 1.17 bits per heavy atom. The highest BCUT2D eigenvalue weighted by atomic mass is 16.6. The Bertz CT molecular complexity index is 832. The molecule has 0 unspecified atom stereocenters. The first-order valence-corrected chi connectivity index (χ1v) is 9.95. The third-order valence-electron chi connectivity index (χ3n) is 5.11. The summed E-state index contributed by atoms with van der Waals surface area (Å²) in [7, 11) is 0. The Labute approximate surface area is 171 Å². The van der Waals surface area contributed by atoms with Gasteiger partial charge in [-0.2, -0.15) is 5.26 Å². The highest BCUT2D eigenvalue weighted by molar-refractivity contribution is 5.96. The lowest BCUT2D eigenvalue weighted by molar-refractivity contribution is -0.118. The average molecular weight is 400 g/mol. The summed E-state index contributed by atoms with van der Waals surface area (Å²) in [6, 6.07) is 5.53. The summed E-state index contributed by atoms with van der Waals surface area (Å²) in [6.07, 6.45) is 1.49. The van der Waals surface area contributed by atoms with Crippen LogP contribution in [-0.2, 0) is 16.0 Å². The number of aryl methyl sites for hydroxylation is 1. The van der Waals surface area contributed by atoms with Gasteiger partial charge in [0.15, 0.2) is 0 Å². The van der Waals surface area contributed by atoms with Gasteiger partial charge >= 0.3 is 6.09 Å². The summed E-state index contributed by atoms with van der Waals surface area (Å²) in [6.45, 7) is 7.66. The second-order valence-electron chi connectivity index (χ2n) is 8.42. The molecule has 1 fully saturated rings. The lowest BCUT2D eigenvalue weighted by atomic mass is 10.0. The van der Waals surface area contributed by atoms with Crippen molar-refractivity contribution in [1.29, 1.82) is 5.26 Å². The number of carbonyl (C=O) groups is 2. The van der Waals surface area contributed by atoms with Gasteiger partial charge in [-0.15, -0.1) is 0 Å². The van der Waals surface area contributed by atoms with E-state index in [0.29, 0.717) is 56.8 Å². The highest BCUT2D eigenvalue weighted by Crippen LogP contribution is 2.38. The van der Waals surface area contributed by atoms with Crippen LogP contribution in [0.25, 0.3) is 0 Å². The van der Waals surface area contributed by atoms with E-state index in [-0.39, 0.29) is 24.3 Å². The lowest BCUT2D eigenvalue weighted by Gasteiger charge is -2.37. The molecule has 1 aromatic rings. The normalized spacial score (nSPS) is 17.4. The maximum atomic E-state index is 12.3. The quantitative estimate of drug-likeness (QED) is 0.767. The molecular formula is C21H28N4O4. The van der Waals surface area contributed by atoms with Crippen LogP contribution in [0.3, 0.4) is 0 Å². The van der Waals surface area contributed by atoms with E-state index in [1.54, 1.807) is 11.0 Å². The van der Waals surface area contributed by atoms with Crippen molar-refractivity contribution in [3.63, 3.8) is 0 Å². The van der Waals surface area contributed by atoms with Gasteiger partial charge in [-0.3, -0.25) is 9.69 Å². The summed E-state index contributed by atoms with van der Waals surface area (Å²) >= 11 is 0. The number of aromatic hydroxyl groups is 1. The maximum absolute atomic E-state index is 12.3. The van der Waals surface area contributed by atoms with Gasteiger partial charge in [-0.25, -0.2) is 4.79 Å². The van der Waals surface area contributed by atoms with E-state index in [1.807, 2.05) is 37.8 Å². The van der Waals surface area contributed by atoms with Crippen molar-refractivity contribution in [3.05, 3.63) is 17.7 Å². The summed E-state index contributed by atoms with van der Waals surface area (Å²) in [5.74, 6) is -0.0180. The Hall–Kier alpha value is -2.95. The predicted octanol–water partition coefficient (Wildman–Crippen LogP) is 2.64. The minimum Gasteiger partial charge on any atom is -0.506 e. The van der Waals surface area contributed by atoms with E-state index < -0.39 is 5.60 Å². The molecule has 0 bridgehead atoms. The average Bonchev–Trinajstić information content (AvgIpc) is 2.79. The standard InChI is InChI=1S/C21H28N4O4/c1-21(2,3)29-20(28)24-11-9-23(10-12-24)17-13-15-5-4-6-19(27)25(8-7-22)16(15)14-18(17)26/h13-14,26H,4-6,8-12H2,1-3H3. The number of piperazine rings is 1. The summed E-state index contributed by atoms with van der Waals surface area (Å²) in [5, 5.41) is 19.7. The van der Waals surface area contributed by atoms with Crippen LogP contribution in [0.5, 0.6) is 5.75 Å². The van der Waals surface area contributed by atoms with Crippen LogP contribution < -0.4 is 9.80 Å². The van der Waals surface area contributed by atoms with Crippen LogP contribution in [0.1, 0.15) is 39.2 Å². The first-order chi connectivity index (χ1) is 13.7. The molecule has 156 valence electrons. The number of nitriles is 1. The molecule has 8 nitrogen and oxygen atoms in total. The number of carbonyl (C=O) groups excluding carboxylic acids is 2. The molecule has 0 spiro atoms. The number of anilines is 2. The van der Waals surface area contributed by atoms with Gasteiger partial charge < -0.3 is 19.6 Å². The second kappa shape index (κ2) is 8.19. The molecule has 0 atom stereocenters. The van der Waals surface area contributed by atoms with Crippen LogP contribution in [0.4, 0.5) is 16.2 Å². The van der Waals surface area contributed by atoms with Gasteiger partial charge in [0.05, 0.1) is 17.4 Å². The number of hydrogen-bond acceptors (Lipinski definition) is 6. The van der Waals surface area contributed by atoms with E-state index in [1.165, 1.54) is 4.90 Å². The van der Waals surface area contributed by atoms with Gasteiger partial charge in [0.2, 0.25) is 5.91 Å². The molecule has 2 heterocycles. The number of fused-ring (bicyclic) bond motifs is 1. The van der Waals surface area contributed by atoms with Crippen molar-refractivity contribution in [3.8, 4) is 11.8 Å². The molecule has 3 rings (SSSR count). The van der Waals surface area contributed by atoms with Crippen LogP contribution in [0.15, 0.2) is 12.1 Å². The van der Waals surface area contributed by atoms with E-state index >= 15 is 0 Å².